The first kappa shape index (κ1) is 21.1. The number of esters is 1. The number of rotatable bonds is 6. The van der Waals surface area contributed by atoms with Gasteiger partial charge in [0.1, 0.15) is 5.82 Å². The van der Waals surface area contributed by atoms with E-state index in [1.165, 1.54) is 12.1 Å². The summed E-state index contributed by atoms with van der Waals surface area (Å²) in [6.45, 7) is 0. The van der Waals surface area contributed by atoms with Crippen molar-refractivity contribution in [1.82, 2.24) is 4.98 Å². The molecule has 33 heavy (non-hydrogen) atoms. The number of halogens is 1. The zero-order valence-electron chi connectivity index (χ0n) is 18.1. The number of nitrogens with one attached hydrogen (secondary N) is 1. The number of carbonyl (C=O) groups excluding carboxylic acids is 2. The zero-order chi connectivity index (χ0) is 22.8. The van der Waals surface area contributed by atoms with E-state index in [0.717, 1.165) is 23.7 Å². The van der Waals surface area contributed by atoms with Crippen LogP contribution in [0.3, 0.4) is 0 Å². The Bertz CT molecular complexity index is 1300. The van der Waals surface area contributed by atoms with Gasteiger partial charge in [-0.15, -0.1) is 0 Å². The fraction of sp³-hybridized carbons (Fsp3) is 0.214. The van der Waals surface area contributed by atoms with E-state index in [9.17, 15) is 14.0 Å². The molecule has 1 aromatic heterocycles. The zero-order valence-corrected chi connectivity index (χ0v) is 18.1. The summed E-state index contributed by atoms with van der Waals surface area (Å²) in [6, 6.07) is 22.7. The molecule has 0 saturated heterocycles. The molecule has 166 valence electrons. The molecule has 1 unspecified atom stereocenters. The van der Waals surface area contributed by atoms with Crippen LogP contribution >= 0.6 is 0 Å². The largest absolute Gasteiger partial charge is 0.448 e. The molecular formula is C28H24FNO3. The Morgan fingerprint density at radius 1 is 0.909 bits per heavy atom. The Morgan fingerprint density at radius 2 is 1.64 bits per heavy atom. The average molecular weight is 442 g/mol. The molecule has 1 N–H and O–H groups in total. The summed E-state index contributed by atoms with van der Waals surface area (Å²) >= 11 is 0. The van der Waals surface area contributed by atoms with Crippen molar-refractivity contribution < 1.29 is 18.7 Å². The number of carbonyl (C=O) groups is 2. The number of para-hydroxylation sites is 1. The predicted octanol–water partition coefficient (Wildman–Crippen LogP) is 6.29. The van der Waals surface area contributed by atoms with Gasteiger partial charge in [0, 0.05) is 28.2 Å². The number of aromatic amines is 1. The van der Waals surface area contributed by atoms with Gasteiger partial charge in [-0.3, -0.25) is 9.59 Å². The monoisotopic (exact) mass is 441 g/mol. The Morgan fingerprint density at radius 3 is 2.39 bits per heavy atom. The molecule has 0 aliphatic heterocycles. The molecule has 0 amide bonds. The second-order valence-electron chi connectivity index (χ2n) is 8.61. The number of ether oxygens (including phenoxy) is 1. The van der Waals surface area contributed by atoms with Crippen molar-refractivity contribution in [3.63, 3.8) is 0 Å². The number of aromatic nitrogens is 1. The second-order valence-corrected chi connectivity index (χ2v) is 8.61. The van der Waals surface area contributed by atoms with Gasteiger partial charge in [0.25, 0.3) is 0 Å². The third kappa shape index (κ3) is 3.84. The topological polar surface area (TPSA) is 59.2 Å². The molecule has 0 radical (unpaired) electrons. The van der Waals surface area contributed by atoms with Crippen molar-refractivity contribution in [2.75, 3.05) is 0 Å². The van der Waals surface area contributed by atoms with Crippen LogP contribution in [0.15, 0.2) is 85.1 Å². The lowest BCUT2D eigenvalue weighted by Gasteiger charge is -2.29. The summed E-state index contributed by atoms with van der Waals surface area (Å²) in [5.74, 6) is -1.16. The number of H-pyrrole nitrogens is 1. The van der Waals surface area contributed by atoms with Gasteiger partial charge >= 0.3 is 5.97 Å². The molecule has 0 spiro atoms. The van der Waals surface area contributed by atoms with E-state index in [0.29, 0.717) is 29.5 Å². The fourth-order valence-electron chi connectivity index (χ4n) is 4.91. The Balaban J connectivity index is 1.54. The normalized spacial score (nSPS) is 15.9. The van der Waals surface area contributed by atoms with E-state index in [4.69, 9.17) is 4.74 Å². The first-order chi connectivity index (χ1) is 16.1. The van der Waals surface area contributed by atoms with Crippen molar-refractivity contribution in [2.45, 2.75) is 37.2 Å². The van der Waals surface area contributed by atoms with Crippen molar-refractivity contribution in [3.8, 4) is 0 Å². The molecule has 1 saturated carbocycles. The predicted molar refractivity (Wildman–Crippen MR) is 124 cm³/mol. The van der Waals surface area contributed by atoms with E-state index in [1.807, 2.05) is 42.5 Å². The molecule has 4 nitrogen and oxygen atoms in total. The van der Waals surface area contributed by atoms with Crippen molar-refractivity contribution >= 4 is 22.7 Å². The summed E-state index contributed by atoms with van der Waals surface area (Å²) in [7, 11) is 0. The van der Waals surface area contributed by atoms with E-state index in [-0.39, 0.29) is 11.6 Å². The molecule has 5 heteroatoms. The quantitative estimate of drug-likeness (QED) is 0.283. The summed E-state index contributed by atoms with van der Waals surface area (Å²) in [5, 5.41) is 0.778. The van der Waals surface area contributed by atoms with Crippen LogP contribution in [0.4, 0.5) is 4.39 Å². The maximum Gasteiger partial charge on any atom is 0.317 e. The highest BCUT2D eigenvalue weighted by Crippen LogP contribution is 2.43. The molecule has 1 atom stereocenters. The van der Waals surface area contributed by atoms with E-state index in [1.54, 1.807) is 30.5 Å². The SMILES string of the molecule is O=C(c1c[nH]c2ccccc12)C(OC(=O)C1(c2cccc(F)c2)CCCC1)c1ccccc1. The van der Waals surface area contributed by atoms with Crippen LogP contribution in [0, 0.1) is 5.82 Å². The number of ketones is 1. The molecule has 3 aromatic carbocycles. The van der Waals surface area contributed by atoms with Crippen LogP contribution in [0.2, 0.25) is 0 Å². The highest BCUT2D eigenvalue weighted by atomic mass is 19.1. The number of benzene rings is 3. The molecule has 5 rings (SSSR count). The van der Waals surface area contributed by atoms with Crippen molar-refractivity contribution in [3.05, 3.63) is 108 Å². The van der Waals surface area contributed by atoms with E-state index in [2.05, 4.69) is 4.98 Å². The Hall–Kier alpha value is -3.73. The van der Waals surface area contributed by atoms with E-state index < -0.39 is 17.5 Å². The highest BCUT2D eigenvalue weighted by molar-refractivity contribution is 6.10. The molecular weight excluding hydrogens is 417 g/mol. The van der Waals surface area contributed by atoms with Gasteiger partial charge in [0.15, 0.2) is 6.10 Å². The van der Waals surface area contributed by atoms with Crippen LogP contribution in [0.5, 0.6) is 0 Å². The minimum Gasteiger partial charge on any atom is -0.448 e. The van der Waals surface area contributed by atoms with Crippen LogP contribution in [0.1, 0.15) is 53.3 Å². The van der Waals surface area contributed by atoms with Crippen molar-refractivity contribution in [1.29, 1.82) is 0 Å². The molecule has 1 fully saturated rings. The van der Waals surface area contributed by atoms with Crippen LogP contribution < -0.4 is 0 Å². The maximum atomic E-state index is 14.0. The van der Waals surface area contributed by atoms with Crippen LogP contribution in [-0.4, -0.2) is 16.7 Å². The Kier molecular flexibility index (Phi) is 5.55. The van der Waals surface area contributed by atoms with Crippen molar-refractivity contribution in [2.24, 2.45) is 0 Å². The smallest absolute Gasteiger partial charge is 0.317 e. The molecule has 0 bridgehead atoms. The van der Waals surface area contributed by atoms with Gasteiger partial charge in [0.05, 0.1) is 5.41 Å². The average Bonchev–Trinajstić information content (AvgIpc) is 3.51. The third-order valence-corrected chi connectivity index (χ3v) is 6.65. The molecule has 1 aliphatic rings. The number of fused-ring (bicyclic) bond motifs is 1. The number of hydrogen-bond donors (Lipinski definition) is 1. The van der Waals surface area contributed by atoms with Gasteiger partial charge in [-0.1, -0.05) is 73.5 Å². The van der Waals surface area contributed by atoms with Gasteiger partial charge in [-0.05, 0) is 36.6 Å². The van der Waals surface area contributed by atoms with Gasteiger partial charge in [0.2, 0.25) is 5.78 Å². The Labute approximate surface area is 191 Å². The third-order valence-electron chi connectivity index (χ3n) is 6.65. The van der Waals surface area contributed by atoms with Crippen LogP contribution in [-0.2, 0) is 14.9 Å². The summed E-state index contributed by atoms with van der Waals surface area (Å²) in [5.41, 5.74) is 1.57. The fourth-order valence-corrected chi connectivity index (χ4v) is 4.91. The lowest BCUT2D eigenvalue weighted by molar-refractivity contribution is -0.154. The minimum absolute atomic E-state index is 0.292. The van der Waals surface area contributed by atoms with Gasteiger partial charge in [-0.2, -0.15) is 0 Å². The minimum atomic E-state index is -1.09. The van der Waals surface area contributed by atoms with Crippen LogP contribution in [0.25, 0.3) is 10.9 Å². The molecule has 1 heterocycles. The lowest BCUT2D eigenvalue weighted by Crippen LogP contribution is -2.37. The lowest BCUT2D eigenvalue weighted by atomic mass is 9.78. The number of Topliss-reactive ketones (excluding diaryl/α,β-unsaturated/α-hetero) is 1. The second kappa shape index (κ2) is 8.66. The molecule has 1 aliphatic carbocycles. The summed E-state index contributed by atoms with van der Waals surface area (Å²) in [6.07, 6.45) is 3.39. The van der Waals surface area contributed by atoms with Gasteiger partial charge in [-0.25, -0.2) is 4.39 Å². The summed E-state index contributed by atoms with van der Waals surface area (Å²) < 4.78 is 20.1. The first-order valence-corrected chi connectivity index (χ1v) is 11.2. The molecule has 4 aromatic rings. The van der Waals surface area contributed by atoms with Gasteiger partial charge < -0.3 is 9.72 Å². The maximum absolute atomic E-state index is 14.0. The number of hydrogen-bond acceptors (Lipinski definition) is 3. The first-order valence-electron chi connectivity index (χ1n) is 11.2. The highest BCUT2D eigenvalue weighted by Gasteiger charge is 2.46. The standard InChI is InChI=1S/C28H24FNO3/c29-21-12-8-11-20(17-21)28(15-6-7-16-28)27(32)33-26(19-9-2-1-3-10-19)25(31)23-18-30-24-14-5-4-13-22(23)24/h1-5,8-14,17-18,26,30H,6-7,15-16H2. The summed E-state index contributed by atoms with van der Waals surface area (Å²) in [4.78, 5) is 30.5. The van der Waals surface area contributed by atoms with E-state index >= 15 is 0 Å².